The Kier molecular flexibility index (Phi) is 4.79. The molecule has 78 valence electrons. The third kappa shape index (κ3) is 2.70. The molecular formula is C12H25N. The smallest absolute Gasteiger partial charge is 0.00983 e. The third-order valence-corrected chi connectivity index (χ3v) is 3.51. The van der Waals surface area contributed by atoms with Gasteiger partial charge in [0, 0.05) is 6.04 Å². The van der Waals surface area contributed by atoms with Gasteiger partial charge in [-0.25, -0.2) is 0 Å². The van der Waals surface area contributed by atoms with Crippen molar-refractivity contribution in [2.45, 2.75) is 58.9 Å². The minimum atomic E-state index is 0.980. The molecule has 0 N–H and O–H groups in total. The molecule has 13 heavy (non-hydrogen) atoms. The van der Waals surface area contributed by atoms with Gasteiger partial charge in [-0.3, -0.25) is 0 Å². The zero-order valence-corrected chi connectivity index (χ0v) is 9.55. The maximum Gasteiger partial charge on any atom is 0.00983 e. The molecule has 0 aliphatic carbocycles. The van der Waals surface area contributed by atoms with E-state index in [0.29, 0.717) is 0 Å². The van der Waals surface area contributed by atoms with Gasteiger partial charge in [-0.15, -0.1) is 0 Å². The molecule has 0 amide bonds. The van der Waals surface area contributed by atoms with Gasteiger partial charge < -0.3 is 4.90 Å². The summed E-state index contributed by atoms with van der Waals surface area (Å²) in [5.41, 5.74) is 0. The summed E-state index contributed by atoms with van der Waals surface area (Å²) in [5.74, 6) is 1.05. The minimum Gasteiger partial charge on any atom is -0.300 e. The van der Waals surface area contributed by atoms with Crippen molar-refractivity contribution in [3.8, 4) is 0 Å². The largest absolute Gasteiger partial charge is 0.300 e. The summed E-state index contributed by atoms with van der Waals surface area (Å²) in [6.07, 6.45) is 7.31. The molecule has 2 aliphatic rings. The second kappa shape index (κ2) is 5.64. The molecule has 0 saturated carbocycles. The zero-order chi connectivity index (χ0) is 9.68. The van der Waals surface area contributed by atoms with E-state index in [1.165, 1.54) is 45.2 Å². The maximum absolute atomic E-state index is 2.70. The first-order valence-electron chi connectivity index (χ1n) is 6.14. The van der Waals surface area contributed by atoms with E-state index < -0.39 is 0 Å². The number of fused-ring (bicyclic) bond motifs is 1. The molecule has 2 heterocycles. The van der Waals surface area contributed by atoms with Crippen molar-refractivity contribution in [1.82, 2.24) is 4.90 Å². The van der Waals surface area contributed by atoms with E-state index in [4.69, 9.17) is 0 Å². The zero-order valence-electron chi connectivity index (χ0n) is 9.55. The Balaban J connectivity index is 0.000000396. The van der Waals surface area contributed by atoms with Crippen molar-refractivity contribution in [2.24, 2.45) is 5.92 Å². The van der Waals surface area contributed by atoms with Crippen LogP contribution in [0.2, 0.25) is 0 Å². The van der Waals surface area contributed by atoms with E-state index in [2.05, 4.69) is 11.8 Å². The van der Waals surface area contributed by atoms with Crippen LogP contribution in [0.4, 0.5) is 0 Å². The monoisotopic (exact) mass is 183 g/mol. The standard InChI is InChI=1S/C10H19N.C2H6/c1-2-9-5-7-11-6-3-4-10(11)8-9;1-2/h9-10H,2-8H2,1H3;1-2H3. The lowest BCUT2D eigenvalue weighted by Gasteiger charge is -2.34. The van der Waals surface area contributed by atoms with Gasteiger partial charge in [0.2, 0.25) is 0 Å². The maximum atomic E-state index is 2.70. The van der Waals surface area contributed by atoms with Crippen LogP contribution in [0.25, 0.3) is 0 Å². The van der Waals surface area contributed by atoms with Crippen molar-refractivity contribution in [1.29, 1.82) is 0 Å². The van der Waals surface area contributed by atoms with Gasteiger partial charge in [-0.1, -0.05) is 27.2 Å². The van der Waals surface area contributed by atoms with E-state index >= 15 is 0 Å². The fourth-order valence-corrected chi connectivity index (χ4v) is 2.68. The Morgan fingerprint density at radius 2 is 1.92 bits per heavy atom. The molecule has 0 aromatic carbocycles. The van der Waals surface area contributed by atoms with Crippen LogP contribution in [0.1, 0.15) is 52.9 Å². The topological polar surface area (TPSA) is 3.24 Å². The first kappa shape index (κ1) is 11.0. The average molecular weight is 183 g/mol. The molecule has 0 radical (unpaired) electrons. The number of hydrogen-bond donors (Lipinski definition) is 0. The summed E-state index contributed by atoms with van der Waals surface area (Å²) in [7, 11) is 0. The van der Waals surface area contributed by atoms with Crippen LogP contribution >= 0.6 is 0 Å². The Bertz CT molecular complexity index is 133. The highest BCUT2D eigenvalue weighted by Crippen LogP contribution is 2.31. The predicted octanol–water partition coefficient (Wildman–Crippen LogP) is 3.30. The predicted molar refractivity (Wildman–Crippen MR) is 59.0 cm³/mol. The Morgan fingerprint density at radius 3 is 2.62 bits per heavy atom. The van der Waals surface area contributed by atoms with Crippen molar-refractivity contribution >= 4 is 0 Å². The van der Waals surface area contributed by atoms with Crippen molar-refractivity contribution in [3.63, 3.8) is 0 Å². The molecule has 1 nitrogen and oxygen atoms in total. The first-order chi connectivity index (χ1) is 6.40. The van der Waals surface area contributed by atoms with Crippen LogP contribution in [0.15, 0.2) is 0 Å². The Morgan fingerprint density at radius 1 is 1.15 bits per heavy atom. The third-order valence-electron chi connectivity index (χ3n) is 3.51. The quantitative estimate of drug-likeness (QED) is 0.603. The molecule has 1 heteroatoms. The molecule has 0 aromatic heterocycles. The van der Waals surface area contributed by atoms with Crippen molar-refractivity contribution in [2.75, 3.05) is 13.1 Å². The summed E-state index contributed by atoms with van der Waals surface area (Å²) in [6.45, 7) is 9.12. The van der Waals surface area contributed by atoms with Gasteiger partial charge in [0.1, 0.15) is 0 Å². The lowest BCUT2D eigenvalue weighted by Crippen LogP contribution is -2.37. The number of nitrogens with zero attached hydrogens (tertiary/aromatic N) is 1. The molecule has 2 fully saturated rings. The molecule has 2 unspecified atom stereocenters. The lowest BCUT2D eigenvalue weighted by molar-refractivity contribution is 0.150. The van der Waals surface area contributed by atoms with E-state index in [1.54, 1.807) is 0 Å². The SMILES string of the molecule is CC.CCC1CCN2CCCC2C1. The van der Waals surface area contributed by atoms with Crippen molar-refractivity contribution in [3.05, 3.63) is 0 Å². The van der Waals surface area contributed by atoms with Crippen LogP contribution in [-0.4, -0.2) is 24.0 Å². The van der Waals surface area contributed by atoms with E-state index in [9.17, 15) is 0 Å². The van der Waals surface area contributed by atoms with Gasteiger partial charge >= 0.3 is 0 Å². The highest BCUT2D eigenvalue weighted by Gasteiger charge is 2.30. The van der Waals surface area contributed by atoms with Crippen molar-refractivity contribution < 1.29 is 0 Å². The summed E-state index contributed by atoms with van der Waals surface area (Å²) >= 11 is 0. The van der Waals surface area contributed by atoms with Gasteiger partial charge in [0.05, 0.1) is 0 Å². The van der Waals surface area contributed by atoms with Gasteiger partial charge in [0.25, 0.3) is 0 Å². The second-order valence-corrected chi connectivity index (χ2v) is 4.13. The highest BCUT2D eigenvalue weighted by atomic mass is 15.2. The van der Waals surface area contributed by atoms with Crippen LogP contribution in [0.5, 0.6) is 0 Å². The summed E-state index contributed by atoms with van der Waals surface area (Å²) in [4.78, 5) is 2.70. The number of rotatable bonds is 1. The van der Waals surface area contributed by atoms with E-state index in [-0.39, 0.29) is 0 Å². The van der Waals surface area contributed by atoms with E-state index in [0.717, 1.165) is 12.0 Å². The van der Waals surface area contributed by atoms with Crippen LogP contribution in [-0.2, 0) is 0 Å². The second-order valence-electron chi connectivity index (χ2n) is 4.13. The van der Waals surface area contributed by atoms with Gasteiger partial charge in [0.15, 0.2) is 0 Å². The molecule has 2 atom stereocenters. The Labute approximate surface area is 83.5 Å². The normalized spacial score (nSPS) is 33.5. The first-order valence-corrected chi connectivity index (χ1v) is 6.14. The average Bonchev–Trinajstić information content (AvgIpc) is 2.67. The minimum absolute atomic E-state index is 0.980. The number of piperidine rings is 1. The lowest BCUT2D eigenvalue weighted by atomic mass is 9.89. The summed E-state index contributed by atoms with van der Waals surface area (Å²) in [5, 5.41) is 0. The molecule has 2 rings (SSSR count). The summed E-state index contributed by atoms with van der Waals surface area (Å²) < 4.78 is 0. The van der Waals surface area contributed by atoms with Gasteiger partial charge in [-0.05, 0) is 44.7 Å². The molecule has 0 spiro atoms. The highest BCUT2D eigenvalue weighted by molar-refractivity contribution is 4.85. The summed E-state index contributed by atoms with van der Waals surface area (Å²) in [6, 6.07) is 0.980. The molecule has 0 bridgehead atoms. The van der Waals surface area contributed by atoms with Crippen LogP contribution in [0, 0.1) is 5.92 Å². The molecule has 2 saturated heterocycles. The Hall–Kier alpha value is -0.0400. The van der Waals surface area contributed by atoms with Crippen LogP contribution < -0.4 is 0 Å². The molecule has 2 aliphatic heterocycles. The number of hydrogen-bond acceptors (Lipinski definition) is 1. The fraction of sp³-hybridized carbons (Fsp3) is 1.00. The van der Waals surface area contributed by atoms with Crippen LogP contribution in [0.3, 0.4) is 0 Å². The van der Waals surface area contributed by atoms with Gasteiger partial charge in [-0.2, -0.15) is 0 Å². The fourth-order valence-electron chi connectivity index (χ4n) is 2.68. The molecular weight excluding hydrogens is 158 g/mol. The molecule has 0 aromatic rings. The van der Waals surface area contributed by atoms with E-state index in [1.807, 2.05) is 13.8 Å².